The molecule has 2 N–H and O–H groups in total. The number of benzene rings is 2. The molecule has 1 heterocycles. The highest BCUT2D eigenvalue weighted by atomic mass is 32.2. The van der Waals surface area contributed by atoms with E-state index < -0.39 is 15.7 Å². The molecule has 1 aliphatic rings. The second kappa shape index (κ2) is 9.52. The van der Waals surface area contributed by atoms with Crippen molar-refractivity contribution in [2.45, 2.75) is 51.0 Å². The largest absolute Gasteiger partial charge is 0.326 e. The maximum Gasteiger partial charge on any atom is 0.226 e. The van der Waals surface area contributed by atoms with Gasteiger partial charge in [0.1, 0.15) is 0 Å². The topological polar surface area (TPSA) is 113 Å². The number of carbonyl (C=O) groups is 3. The Kier molecular flexibility index (Phi) is 6.98. The first-order valence-corrected chi connectivity index (χ1v) is 12.1. The molecule has 8 nitrogen and oxygen atoms in total. The zero-order valence-electron chi connectivity index (χ0n) is 18.3. The lowest BCUT2D eigenvalue weighted by molar-refractivity contribution is -0.118. The zero-order valence-corrected chi connectivity index (χ0v) is 19.2. The Bertz CT molecular complexity index is 1140. The van der Waals surface area contributed by atoms with Gasteiger partial charge in [-0.25, -0.2) is 8.42 Å². The lowest BCUT2D eigenvalue weighted by Crippen LogP contribution is -2.35. The van der Waals surface area contributed by atoms with Crippen LogP contribution in [0, 0.1) is 0 Å². The maximum absolute atomic E-state index is 12.8. The van der Waals surface area contributed by atoms with Gasteiger partial charge in [0.2, 0.25) is 17.7 Å². The monoisotopic (exact) mass is 457 g/mol. The minimum absolute atomic E-state index is 0.00800. The molecule has 2 aromatic carbocycles. The van der Waals surface area contributed by atoms with Crippen LogP contribution < -0.4 is 15.5 Å². The average molecular weight is 458 g/mol. The normalized spacial score (nSPS) is 15.2. The van der Waals surface area contributed by atoms with Gasteiger partial charge in [-0.3, -0.25) is 14.4 Å². The first-order chi connectivity index (χ1) is 15.1. The number of anilines is 3. The molecule has 0 aliphatic carbocycles. The second-order valence-corrected chi connectivity index (χ2v) is 9.95. The minimum Gasteiger partial charge on any atom is -0.326 e. The van der Waals surface area contributed by atoms with Crippen LogP contribution in [0.25, 0.3) is 0 Å². The summed E-state index contributed by atoms with van der Waals surface area (Å²) in [5, 5.41) is 5.29. The smallest absolute Gasteiger partial charge is 0.226 e. The van der Waals surface area contributed by atoms with Crippen molar-refractivity contribution < 1.29 is 22.8 Å². The van der Waals surface area contributed by atoms with Crippen LogP contribution in [0.2, 0.25) is 0 Å². The molecular formula is C23H27N3O5S. The summed E-state index contributed by atoms with van der Waals surface area (Å²) in [5.74, 6) is -0.934. The third kappa shape index (κ3) is 5.34. The van der Waals surface area contributed by atoms with Crippen LogP contribution in [0.5, 0.6) is 0 Å². The summed E-state index contributed by atoms with van der Waals surface area (Å²) in [6.45, 7) is 5.14. The Morgan fingerprint density at radius 3 is 2.25 bits per heavy atom. The van der Waals surface area contributed by atoms with Gasteiger partial charge in [0, 0.05) is 42.9 Å². The summed E-state index contributed by atoms with van der Waals surface area (Å²) in [7, 11) is -3.66. The van der Waals surface area contributed by atoms with Crippen molar-refractivity contribution in [1.82, 2.24) is 0 Å². The molecule has 32 heavy (non-hydrogen) atoms. The molecule has 1 aliphatic heterocycles. The van der Waals surface area contributed by atoms with E-state index in [1.807, 2.05) is 6.92 Å². The first-order valence-electron chi connectivity index (χ1n) is 10.5. The Morgan fingerprint density at radius 2 is 1.66 bits per heavy atom. The van der Waals surface area contributed by atoms with E-state index in [0.717, 1.165) is 11.3 Å². The van der Waals surface area contributed by atoms with E-state index in [1.165, 1.54) is 13.0 Å². The minimum atomic E-state index is -3.66. The third-order valence-electron chi connectivity index (χ3n) is 5.28. The fourth-order valence-electron chi connectivity index (χ4n) is 3.76. The van der Waals surface area contributed by atoms with E-state index in [2.05, 4.69) is 10.6 Å². The van der Waals surface area contributed by atoms with Gasteiger partial charge in [0.25, 0.3) is 0 Å². The average Bonchev–Trinajstić information content (AvgIpc) is 3.07. The van der Waals surface area contributed by atoms with Gasteiger partial charge >= 0.3 is 0 Å². The maximum atomic E-state index is 12.8. The van der Waals surface area contributed by atoms with E-state index in [0.29, 0.717) is 24.2 Å². The molecule has 9 heteroatoms. The highest BCUT2D eigenvalue weighted by molar-refractivity contribution is 7.91. The Balaban J connectivity index is 1.63. The summed E-state index contributed by atoms with van der Waals surface area (Å²) in [6.07, 6.45) is 0.790. The number of amides is 3. The fraction of sp³-hybridized carbons (Fsp3) is 0.348. The molecule has 0 saturated heterocycles. The van der Waals surface area contributed by atoms with E-state index in [9.17, 15) is 22.8 Å². The van der Waals surface area contributed by atoms with Crippen molar-refractivity contribution in [1.29, 1.82) is 0 Å². The molecule has 0 radical (unpaired) electrons. The number of nitrogens with zero attached hydrogens (tertiary/aromatic N) is 1. The number of nitrogens with one attached hydrogen (secondary N) is 2. The van der Waals surface area contributed by atoms with Gasteiger partial charge in [-0.05, 0) is 61.4 Å². The van der Waals surface area contributed by atoms with Gasteiger partial charge in [-0.15, -0.1) is 0 Å². The van der Waals surface area contributed by atoms with E-state index in [-0.39, 0.29) is 34.9 Å². The van der Waals surface area contributed by atoms with Crippen molar-refractivity contribution >= 4 is 44.6 Å². The quantitative estimate of drug-likeness (QED) is 0.663. The van der Waals surface area contributed by atoms with Crippen LogP contribution in [0.15, 0.2) is 47.4 Å². The summed E-state index contributed by atoms with van der Waals surface area (Å²) >= 11 is 0. The van der Waals surface area contributed by atoms with Crippen molar-refractivity contribution in [3.63, 3.8) is 0 Å². The van der Waals surface area contributed by atoms with Crippen LogP contribution >= 0.6 is 0 Å². The van der Waals surface area contributed by atoms with Crippen molar-refractivity contribution in [2.24, 2.45) is 0 Å². The fourth-order valence-corrected chi connectivity index (χ4v) is 5.05. The molecule has 0 fully saturated rings. The van der Waals surface area contributed by atoms with E-state index in [1.54, 1.807) is 48.2 Å². The standard InChI is InChI=1S/C23H27N3O5S/c1-4-23(29)26-15(2)13-17-14-20(9-10-21(17)26)32(30,31)12-11-22(28)25-19-7-5-18(6-8-19)24-16(3)27/h5-10,14-15H,4,11-13H2,1-3H3,(H,24,27)(H,25,28). The molecule has 2 aromatic rings. The number of hydrogen-bond acceptors (Lipinski definition) is 5. The number of carbonyl (C=O) groups excluding carboxylic acids is 3. The number of fused-ring (bicyclic) bond motifs is 1. The molecule has 3 amide bonds. The third-order valence-corrected chi connectivity index (χ3v) is 7.00. The molecule has 0 bridgehead atoms. The summed E-state index contributed by atoms with van der Waals surface area (Å²) < 4.78 is 25.6. The van der Waals surface area contributed by atoms with Gasteiger partial charge < -0.3 is 15.5 Å². The van der Waals surface area contributed by atoms with Crippen LogP contribution in [-0.4, -0.2) is 37.9 Å². The van der Waals surface area contributed by atoms with Crippen molar-refractivity contribution in [3.05, 3.63) is 48.0 Å². The van der Waals surface area contributed by atoms with Gasteiger partial charge in [0.05, 0.1) is 10.6 Å². The van der Waals surface area contributed by atoms with Crippen LogP contribution in [0.3, 0.4) is 0 Å². The second-order valence-electron chi connectivity index (χ2n) is 7.84. The number of rotatable bonds is 7. The zero-order chi connectivity index (χ0) is 23.5. The summed E-state index contributed by atoms with van der Waals surface area (Å²) in [6, 6.07) is 11.3. The molecule has 3 rings (SSSR count). The molecule has 1 atom stereocenters. The van der Waals surface area contributed by atoms with E-state index in [4.69, 9.17) is 0 Å². The number of hydrogen-bond donors (Lipinski definition) is 2. The predicted octanol–water partition coefficient (Wildman–Crippen LogP) is 3.14. The molecular weight excluding hydrogens is 430 g/mol. The Morgan fingerprint density at radius 1 is 1.03 bits per heavy atom. The van der Waals surface area contributed by atoms with Gasteiger partial charge in [-0.2, -0.15) is 0 Å². The highest BCUT2D eigenvalue weighted by Crippen LogP contribution is 2.34. The molecule has 1 unspecified atom stereocenters. The number of sulfone groups is 1. The van der Waals surface area contributed by atoms with Crippen molar-refractivity contribution in [2.75, 3.05) is 21.3 Å². The lowest BCUT2D eigenvalue weighted by Gasteiger charge is -2.22. The SMILES string of the molecule is CCC(=O)N1c2ccc(S(=O)(=O)CCC(=O)Nc3ccc(NC(C)=O)cc3)cc2CC1C. The van der Waals surface area contributed by atoms with Crippen LogP contribution in [0.4, 0.5) is 17.1 Å². The summed E-state index contributed by atoms with van der Waals surface area (Å²) in [5.41, 5.74) is 2.68. The van der Waals surface area contributed by atoms with Gasteiger partial charge in [0.15, 0.2) is 9.84 Å². The van der Waals surface area contributed by atoms with Crippen LogP contribution in [-0.2, 0) is 30.6 Å². The first kappa shape index (κ1) is 23.5. The highest BCUT2D eigenvalue weighted by Gasteiger charge is 2.31. The molecule has 0 saturated carbocycles. The predicted molar refractivity (Wildman–Crippen MR) is 123 cm³/mol. The molecule has 170 valence electrons. The van der Waals surface area contributed by atoms with E-state index >= 15 is 0 Å². The van der Waals surface area contributed by atoms with Gasteiger partial charge in [-0.1, -0.05) is 6.92 Å². The lowest BCUT2D eigenvalue weighted by atomic mass is 10.1. The molecule has 0 spiro atoms. The Labute approximate surface area is 187 Å². The summed E-state index contributed by atoms with van der Waals surface area (Å²) in [4.78, 5) is 37.4. The Hall–Kier alpha value is -3.20. The van der Waals surface area contributed by atoms with Crippen LogP contribution in [0.1, 0.15) is 39.2 Å². The van der Waals surface area contributed by atoms with Crippen molar-refractivity contribution in [3.8, 4) is 0 Å². The molecule has 0 aromatic heterocycles.